The maximum atomic E-state index is 5.68. The van der Waals surface area contributed by atoms with Crippen molar-refractivity contribution in [3.63, 3.8) is 0 Å². The lowest BCUT2D eigenvalue weighted by Crippen LogP contribution is -1.97. The molecule has 0 fully saturated rings. The first-order chi connectivity index (χ1) is 9.24. The van der Waals surface area contributed by atoms with Gasteiger partial charge in [-0.3, -0.25) is 0 Å². The molecule has 2 rings (SSSR count). The molecule has 102 valence electrons. The molecule has 3 nitrogen and oxygen atoms in total. The van der Waals surface area contributed by atoms with E-state index in [1.165, 1.54) is 5.56 Å². The average molecular weight is 259 g/mol. The van der Waals surface area contributed by atoms with Crippen molar-refractivity contribution in [2.24, 2.45) is 0 Å². The van der Waals surface area contributed by atoms with Gasteiger partial charge in [-0.2, -0.15) is 0 Å². The molecule has 19 heavy (non-hydrogen) atoms. The summed E-state index contributed by atoms with van der Waals surface area (Å²) in [4.78, 5) is 0. The van der Waals surface area contributed by atoms with Crippen molar-refractivity contribution in [3.8, 4) is 5.75 Å². The summed E-state index contributed by atoms with van der Waals surface area (Å²) in [6.07, 6.45) is 4.34. The minimum Gasteiger partial charge on any atom is -0.494 e. The van der Waals surface area contributed by atoms with E-state index in [0.29, 0.717) is 0 Å². The highest BCUT2D eigenvalue weighted by Gasteiger charge is 2.00. The number of ether oxygens (including phenoxy) is 1. The molecule has 0 aliphatic carbocycles. The van der Waals surface area contributed by atoms with Crippen LogP contribution >= 0.6 is 0 Å². The number of unbranched alkanes of at least 4 members (excludes halogenated alkanes) is 2. The van der Waals surface area contributed by atoms with E-state index in [4.69, 9.17) is 9.26 Å². The van der Waals surface area contributed by atoms with Gasteiger partial charge in [0, 0.05) is 6.07 Å². The number of rotatable bonds is 7. The van der Waals surface area contributed by atoms with Gasteiger partial charge in [-0.1, -0.05) is 22.9 Å². The number of aryl methyl sites for hydroxylation is 3. The van der Waals surface area contributed by atoms with Gasteiger partial charge >= 0.3 is 0 Å². The Morgan fingerprint density at radius 3 is 2.53 bits per heavy atom. The molecule has 0 radical (unpaired) electrons. The van der Waals surface area contributed by atoms with Crippen LogP contribution in [0.5, 0.6) is 5.75 Å². The molecule has 1 aromatic carbocycles. The van der Waals surface area contributed by atoms with E-state index in [0.717, 1.165) is 49.5 Å². The quantitative estimate of drug-likeness (QED) is 0.703. The zero-order chi connectivity index (χ0) is 13.5. The van der Waals surface area contributed by atoms with Crippen LogP contribution in [-0.2, 0) is 6.42 Å². The Labute approximate surface area is 114 Å². The Bertz CT molecular complexity index is 488. The first kappa shape index (κ1) is 13.7. The van der Waals surface area contributed by atoms with Crippen LogP contribution in [0.25, 0.3) is 0 Å². The molecule has 0 saturated heterocycles. The molecular weight excluding hydrogens is 238 g/mol. The van der Waals surface area contributed by atoms with Gasteiger partial charge in [0.15, 0.2) is 0 Å². The van der Waals surface area contributed by atoms with E-state index in [-0.39, 0.29) is 0 Å². The number of aromatic nitrogens is 1. The Hall–Kier alpha value is -1.77. The highest BCUT2D eigenvalue weighted by molar-refractivity contribution is 5.26. The van der Waals surface area contributed by atoms with Gasteiger partial charge in [0.25, 0.3) is 0 Å². The van der Waals surface area contributed by atoms with Gasteiger partial charge in [-0.25, -0.2) is 0 Å². The number of hydrogen-bond acceptors (Lipinski definition) is 3. The third-order valence-electron chi connectivity index (χ3n) is 3.04. The molecular formula is C16H21NO2. The van der Waals surface area contributed by atoms with Gasteiger partial charge in [0.2, 0.25) is 0 Å². The van der Waals surface area contributed by atoms with Gasteiger partial charge in [-0.15, -0.1) is 0 Å². The van der Waals surface area contributed by atoms with Crippen molar-refractivity contribution >= 4 is 0 Å². The van der Waals surface area contributed by atoms with Gasteiger partial charge in [0.05, 0.1) is 12.3 Å². The molecule has 1 heterocycles. The summed E-state index contributed by atoms with van der Waals surface area (Å²) in [6, 6.07) is 10.2. The molecule has 0 spiro atoms. The molecule has 0 aliphatic heterocycles. The Kier molecular flexibility index (Phi) is 5.01. The molecule has 0 aliphatic rings. The van der Waals surface area contributed by atoms with Gasteiger partial charge < -0.3 is 9.26 Å². The highest BCUT2D eigenvalue weighted by Crippen LogP contribution is 2.12. The smallest absolute Gasteiger partial charge is 0.133 e. The number of nitrogens with zero attached hydrogens (tertiary/aromatic N) is 1. The zero-order valence-corrected chi connectivity index (χ0v) is 11.7. The standard InChI is InChI=1S/C16H21NO2/c1-13-7-9-16(10-8-13)18-11-5-3-4-6-15-12-14(2)19-17-15/h7-10,12H,3-6,11H2,1-2H3. The van der Waals surface area contributed by atoms with Crippen LogP contribution in [0.2, 0.25) is 0 Å². The Morgan fingerprint density at radius 1 is 1.05 bits per heavy atom. The van der Waals surface area contributed by atoms with Crippen LogP contribution in [0.15, 0.2) is 34.9 Å². The second-order valence-corrected chi connectivity index (χ2v) is 4.90. The lowest BCUT2D eigenvalue weighted by atomic mass is 10.1. The second kappa shape index (κ2) is 6.98. The van der Waals surface area contributed by atoms with E-state index in [1.807, 2.05) is 25.1 Å². The van der Waals surface area contributed by atoms with E-state index in [1.54, 1.807) is 0 Å². The monoisotopic (exact) mass is 259 g/mol. The summed E-state index contributed by atoms with van der Waals surface area (Å²) in [6.45, 7) is 4.78. The second-order valence-electron chi connectivity index (χ2n) is 4.90. The van der Waals surface area contributed by atoms with Crippen LogP contribution in [0.3, 0.4) is 0 Å². The molecule has 0 N–H and O–H groups in total. The fraction of sp³-hybridized carbons (Fsp3) is 0.438. The SMILES string of the molecule is Cc1ccc(OCCCCCc2cc(C)on2)cc1. The molecule has 0 amide bonds. The van der Waals surface area contributed by atoms with E-state index < -0.39 is 0 Å². The predicted molar refractivity (Wildman–Crippen MR) is 75.5 cm³/mol. The Morgan fingerprint density at radius 2 is 1.84 bits per heavy atom. The number of hydrogen-bond donors (Lipinski definition) is 0. The highest BCUT2D eigenvalue weighted by atomic mass is 16.5. The minimum atomic E-state index is 0.779. The van der Waals surface area contributed by atoms with Crippen LogP contribution in [0, 0.1) is 13.8 Å². The topological polar surface area (TPSA) is 35.3 Å². The predicted octanol–water partition coefficient (Wildman–Crippen LogP) is 4.08. The lowest BCUT2D eigenvalue weighted by Gasteiger charge is -2.05. The lowest BCUT2D eigenvalue weighted by molar-refractivity contribution is 0.305. The summed E-state index contributed by atoms with van der Waals surface area (Å²) in [5, 5.41) is 3.98. The maximum Gasteiger partial charge on any atom is 0.133 e. The minimum absolute atomic E-state index is 0.779. The van der Waals surface area contributed by atoms with Crippen molar-refractivity contribution in [1.82, 2.24) is 5.16 Å². The third-order valence-corrected chi connectivity index (χ3v) is 3.04. The van der Waals surface area contributed by atoms with Crippen molar-refractivity contribution < 1.29 is 9.26 Å². The summed E-state index contributed by atoms with van der Waals surface area (Å²) >= 11 is 0. The third kappa shape index (κ3) is 4.78. The van der Waals surface area contributed by atoms with Crippen molar-refractivity contribution in [2.75, 3.05) is 6.61 Å². The largest absolute Gasteiger partial charge is 0.494 e. The van der Waals surface area contributed by atoms with E-state index in [2.05, 4.69) is 24.2 Å². The molecule has 3 heteroatoms. The van der Waals surface area contributed by atoms with Crippen LogP contribution in [0.4, 0.5) is 0 Å². The van der Waals surface area contributed by atoms with Crippen molar-refractivity contribution in [3.05, 3.63) is 47.3 Å². The maximum absolute atomic E-state index is 5.68. The molecule has 0 unspecified atom stereocenters. The summed E-state index contributed by atoms with van der Waals surface area (Å²) < 4.78 is 10.7. The number of benzene rings is 1. The average Bonchev–Trinajstić information content (AvgIpc) is 2.81. The Balaban J connectivity index is 1.56. The molecule has 0 bridgehead atoms. The van der Waals surface area contributed by atoms with E-state index >= 15 is 0 Å². The molecule has 0 saturated carbocycles. The van der Waals surface area contributed by atoms with Crippen LogP contribution in [-0.4, -0.2) is 11.8 Å². The van der Waals surface area contributed by atoms with Crippen molar-refractivity contribution in [1.29, 1.82) is 0 Å². The summed E-state index contributed by atoms with van der Waals surface area (Å²) in [5.41, 5.74) is 2.31. The van der Waals surface area contributed by atoms with Gasteiger partial charge in [-0.05, 0) is 51.7 Å². The first-order valence-electron chi connectivity index (χ1n) is 6.86. The molecule has 2 aromatic rings. The molecule has 0 atom stereocenters. The summed E-state index contributed by atoms with van der Waals surface area (Å²) in [7, 11) is 0. The van der Waals surface area contributed by atoms with E-state index in [9.17, 15) is 0 Å². The van der Waals surface area contributed by atoms with Crippen molar-refractivity contribution in [2.45, 2.75) is 39.5 Å². The summed E-state index contributed by atoms with van der Waals surface area (Å²) in [5.74, 6) is 1.84. The fourth-order valence-corrected chi connectivity index (χ4v) is 1.95. The zero-order valence-electron chi connectivity index (χ0n) is 11.7. The van der Waals surface area contributed by atoms with Crippen LogP contribution in [0.1, 0.15) is 36.3 Å². The molecule has 1 aromatic heterocycles. The first-order valence-corrected chi connectivity index (χ1v) is 6.86. The van der Waals surface area contributed by atoms with Crippen LogP contribution < -0.4 is 4.74 Å². The normalized spacial score (nSPS) is 10.6. The fourth-order valence-electron chi connectivity index (χ4n) is 1.95. The van der Waals surface area contributed by atoms with Gasteiger partial charge in [0.1, 0.15) is 11.5 Å².